The lowest BCUT2D eigenvalue weighted by Crippen LogP contribution is -2.27. The minimum absolute atomic E-state index is 0.264. The topological polar surface area (TPSA) is 90.7 Å². The van der Waals surface area contributed by atoms with Gasteiger partial charge >= 0.3 is 11.9 Å². The van der Waals surface area contributed by atoms with E-state index in [1.807, 2.05) is 0 Å². The van der Waals surface area contributed by atoms with Crippen molar-refractivity contribution in [1.82, 2.24) is 4.98 Å². The summed E-state index contributed by atoms with van der Waals surface area (Å²) >= 11 is 0. The average Bonchev–Trinajstić information content (AvgIpc) is 2.70. The molecule has 0 fully saturated rings. The van der Waals surface area contributed by atoms with Crippen LogP contribution in [0.2, 0.25) is 0 Å². The Hall–Kier alpha value is -2.11. The summed E-state index contributed by atoms with van der Waals surface area (Å²) in [5.41, 5.74) is -0.647. The fraction of sp³-hybridized carbons (Fsp3) is 0.696. The molecule has 0 saturated heterocycles. The number of hydrogen-bond acceptors (Lipinski definition) is 4. The zero-order valence-corrected chi connectivity index (χ0v) is 18.2. The maximum Gasteiger partial charge on any atom is 0.355 e. The third kappa shape index (κ3) is 9.77. The van der Waals surface area contributed by atoms with Gasteiger partial charge in [0.25, 0.3) is 0 Å². The lowest BCUT2D eigenvalue weighted by molar-refractivity contribution is 0.0646. The number of carboxylic acids is 2. The van der Waals surface area contributed by atoms with E-state index >= 15 is 0 Å². The van der Waals surface area contributed by atoms with E-state index in [0.29, 0.717) is 5.82 Å². The van der Waals surface area contributed by atoms with E-state index in [4.69, 9.17) is 0 Å². The molecular weight excluding hydrogens is 368 g/mol. The quantitative estimate of drug-likeness (QED) is 0.308. The summed E-state index contributed by atoms with van der Waals surface area (Å²) in [5.74, 6) is -2.00. The standard InChI is InChI=1S/C23H38N2O4/c1-3-5-7-9-11-13-17-25(18-14-12-10-8-6-4-2)20-16-15-19(22(26)27)21(24-20)23(28)29/h15-16H,3-14,17-18H2,1-2H3,(H,26,27)(H,28,29). The number of carboxylic acid groups (broad SMARTS) is 2. The smallest absolute Gasteiger partial charge is 0.355 e. The van der Waals surface area contributed by atoms with Crippen LogP contribution in [0.1, 0.15) is 112 Å². The minimum Gasteiger partial charge on any atom is -0.478 e. The summed E-state index contributed by atoms with van der Waals surface area (Å²) in [4.78, 5) is 29.1. The molecule has 6 nitrogen and oxygen atoms in total. The molecule has 0 aliphatic heterocycles. The number of anilines is 1. The SMILES string of the molecule is CCCCCCCCN(CCCCCCCC)c1ccc(C(=O)O)c(C(=O)O)n1. The Morgan fingerprint density at radius 3 is 1.69 bits per heavy atom. The van der Waals surface area contributed by atoms with Crippen LogP contribution < -0.4 is 4.90 Å². The van der Waals surface area contributed by atoms with Crippen LogP contribution in [-0.2, 0) is 0 Å². The average molecular weight is 407 g/mol. The summed E-state index contributed by atoms with van der Waals surface area (Å²) in [6.07, 6.45) is 14.3. The largest absolute Gasteiger partial charge is 0.478 e. The van der Waals surface area contributed by atoms with E-state index in [2.05, 4.69) is 23.7 Å². The number of pyridine rings is 1. The third-order valence-electron chi connectivity index (χ3n) is 5.20. The van der Waals surface area contributed by atoms with Crippen molar-refractivity contribution >= 4 is 17.8 Å². The Labute approximate surface area is 175 Å². The van der Waals surface area contributed by atoms with Crippen LogP contribution in [0.25, 0.3) is 0 Å². The predicted molar refractivity (Wildman–Crippen MR) is 117 cm³/mol. The molecular formula is C23H38N2O4. The summed E-state index contributed by atoms with van der Waals surface area (Å²) < 4.78 is 0. The van der Waals surface area contributed by atoms with Crippen molar-refractivity contribution in [2.24, 2.45) is 0 Å². The zero-order chi connectivity index (χ0) is 21.5. The van der Waals surface area contributed by atoms with Gasteiger partial charge in [-0.2, -0.15) is 0 Å². The van der Waals surface area contributed by atoms with E-state index in [9.17, 15) is 19.8 Å². The molecule has 0 unspecified atom stereocenters. The van der Waals surface area contributed by atoms with Crippen molar-refractivity contribution in [2.45, 2.75) is 90.9 Å². The molecule has 2 N–H and O–H groups in total. The second-order valence-corrected chi connectivity index (χ2v) is 7.70. The van der Waals surface area contributed by atoms with Crippen LogP contribution in [0.5, 0.6) is 0 Å². The number of nitrogens with zero attached hydrogens (tertiary/aromatic N) is 2. The molecule has 1 aromatic heterocycles. The van der Waals surface area contributed by atoms with Gasteiger partial charge in [0.2, 0.25) is 0 Å². The number of rotatable bonds is 17. The van der Waals surface area contributed by atoms with E-state index < -0.39 is 11.9 Å². The Balaban J connectivity index is 2.76. The Morgan fingerprint density at radius 2 is 1.24 bits per heavy atom. The summed E-state index contributed by atoms with van der Waals surface area (Å²) in [7, 11) is 0. The highest BCUT2D eigenvalue weighted by molar-refractivity contribution is 6.00. The van der Waals surface area contributed by atoms with Crippen LogP contribution in [0.3, 0.4) is 0 Å². The number of unbranched alkanes of at least 4 members (excludes halogenated alkanes) is 10. The maximum atomic E-state index is 11.5. The number of aromatic nitrogens is 1. The second kappa shape index (κ2) is 14.8. The second-order valence-electron chi connectivity index (χ2n) is 7.70. The molecule has 0 aromatic carbocycles. The van der Waals surface area contributed by atoms with Crippen molar-refractivity contribution in [3.63, 3.8) is 0 Å². The number of aromatic carboxylic acids is 2. The van der Waals surface area contributed by atoms with Crippen molar-refractivity contribution in [3.8, 4) is 0 Å². The zero-order valence-electron chi connectivity index (χ0n) is 18.2. The molecule has 0 bridgehead atoms. The van der Waals surface area contributed by atoms with Crippen molar-refractivity contribution in [1.29, 1.82) is 0 Å². The Morgan fingerprint density at radius 1 is 0.759 bits per heavy atom. The van der Waals surface area contributed by atoms with Gasteiger partial charge in [-0.05, 0) is 25.0 Å². The molecule has 6 heteroatoms. The summed E-state index contributed by atoms with van der Waals surface area (Å²) in [6.45, 7) is 6.04. The van der Waals surface area contributed by atoms with Crippen LogP contribution >= 0.6 is 0 Å². The van der Waals surface area contributed by atoms with Gasteiger partial charge in [-0.3, -0.25) is 0 Å². The van der Waals surface area contributed by atoms with Crippen molar-refractivity contribution < 1.29 is 19.8 Å². The van der Waals surface area contributed by atoms with Crippen LogP contribution in [0.15, 0.2) is 12.1 Å². The molecule has 164 valence electrons. The molecule has 0 spiro atoms. The summed E-state index contributed by atoms with van der Waals surface area (Å²) in [6, 6.07) is 3.01. The first-order valence-electron chi connectivity index (χ1n) is 11.2. The molecule has 1 heterocycles. The molecule has 0 aliphatic rings. The van der Waals surface area contributed by atoms with E-state index in [0.717, 1.165) is 38.8 Å². The first-order chi connectivity index (χ1) is 14.0. The summed E-state index contributed by atoms with van der Waals surface area (Å²) in [5, 5.41) is 18.6. The van der Waals surface area contributed by atoms with Gasteiger partial charge in [-0.25, -0.2) is 14.6 Å². The molecule has 0 atom stereocenters. The fourth-order valence-corrected chi connectivity index (χ4v) is 3.47. The highest BCUT2D eigenvalue weighted by Crippen LogP contribution is 2.19. The highest BCUT2D eigenvalue weighted by Gasteiger charge is 2.20. The van der Waals surface area contributed by atoms with Gasteiger partial charge in [0, 0.05) is 13.1 Å². The fourth-order valence-electron chi connectivity index (χ4n) is 3.47. The Kier molecular flexibility index (Phi) is 12.7. The van der Waals surface area contributed by atoms with E-state index in [1.165, 1.54) is 57.4 Å². The van der Waals surface area contributed by atoms with Crippen LogP contribution in [-0.4, -0.2) is 40.2 Å². The molecule has 0 aliphatic carbocycles. The number of hydrogen-bond donors (Lipinski definition) is 2. The van der Waals surface area contributed by atoms with E-state index in [-0.39, 0.29) is 11.3 Å². The first kappa shape index (κ1) is 24.9. The molecule has 1 rings (SSSR count). The first-order valence-corrected chi connectivity index (χ1v) is 11.2. The lowest BCUT2D eigenvalue weighted by atomic mass is 10.1. The Bertz CT molecular complexity index is 603. The predicted octanol–water partition coefficient (Wildman–Crippen LogP) is 6.01. The monoisotopic (exact) mass is 406 g/mol. The molecule has 0 amide bonds. The van der Waals surface area contributed by atoms with Crippen LogP contribution in [0, 0.1) is 0 Å². The number of carbonyl (C=O) groups is 2. The lowest BCUT2D eigenvalue weighted by Gasteiger charge is -2.24. The molecule has 29 heavy (non-hydrogen) atoms. The molecule has 0 saturated carbocycles. The van der Waals surface area contributed by atoms with E-state index in [1.54, 1.807) is 6.07 Å². The van der Waals surface area contributed by atoms with Crippen molar-refractivity contribution in [3.05, 3.63) is 23.4 Å². The van der Waals surface area contributed by atoms with Gasteiger partial charge in [0.05, 0.1) is 5.56 Å². The van der Waals surface area contributed by atoms with Gasteiger partial charge in [0.15, 0.2) is 5.69 Å². The van der Waals surface area contributed by atoms with Gasteiger partial charge in [-0.1, -0.05) is 78.1 Å². The molecule has 1 aromatic rings. The minimum atomic E-state index is -1.30. The highest BCUT2D eigenvalue weighted by atomic mass is 16.4. The van der Waals surface area contributed by atoms with Gasteiger partial charge in [-0.15, -0.1) is 0 Å². The molecule has 0 radical (unpaired) electrons. The van der Waals surface area contributed by atoms with Crippen molar-refractivity contribution in [2.75, 3.05) is 18.0 Å². The maximum absolute atomic E-state index is 11.5. The van der Waals surface area contributed by atoms with Gasteiger partial charge in [0.1, 0.15) is 5.82 Å². The van der Waals surface area contributed by atoms with Crippen LogP contribution in [0.4, 0.5) is 5.82 Å². The van der Waals surface area contributed by atoms with Gasteiger partial charge < -0.3 is 15.1 Å². The third-order valence-corrected chi connectivity index (χ3v) is 5.20. The normalized spacial score (nSPS) is 10.8.